The van der Waals surface area contributed by atoms with Gasteiger partial charge in [0.25, 0.3) is 0 Å². The summed E-state index contributed by atoms with van der Waals surface area (Å²) in [5, 5.41) is 3.74. The van der Waals surface area contributed by atoms with Crippen LogP contribution in [0.1, 0.15) is 44.2 Å². The van der Waals surface area contributed by atoms with Crippen LogP contribution in [0.5, 0.6) is 0 Å². The van der Waals surface area contributed by atoms with Crippen molar-refractivity contribution in [2.75, 3.05) is 6.54 Å². The molecule has 3 rings (SSSR count). The van der Waals surface area contributed by atoms with E-state index in [1.165, 1.54) is 42.3 Å². The lowest BCUT2D eigenvalue weighted by Gasteiger charge is -2.24. The molecule has 2 bridgehead atoms. The summed E-state index contributed by atoms with van der Waals surface area (Å²) in [6, 6.07) is 8.99. The number of rotatable bonds is 4. The topological polar surface area (TPSA) is 12.0 Å². The Labute approximate surface area is 118 Å². The number of hydrogen-bond acceptors (Lipinski definition) is 1. The smallest absolute Gasteiger partial charge is 0.0303 e. The van der Waals surface area contributed by atoms with Crippen molar-refractivity contribution in [3.05, 3.63) is 34.3 Å². The monoisotopic (exact) mass is 307 g/mol. The van der Waals surface area contributed by atoms with Gasteiger partial charge in [0.05, 0.1) is 0 Å². The molecule has 2 aliphatic rings. The van der Waals surface area contributed by atoms with E-state index in [0.29, 0.717) is 6.04 Å². The second kappa shape index (κ2) is 5.34. The lowest BCUT2D eigenvalue weighted by Crippen LogP contribution is -2.28. The summed E-state index contributed by atoms with van der Waals surface area (Å²) in [5.74, 6) is 3.02. The normalized spacial score (nSPS) is 31.8. The number of benzene rings is 1. The van der Waals surface area contributed by atoms with Gasteiger partial charge < -0.3 is 5.32 Å². The van der Waals surface area contributed by atoms with Gasteiger partial charge in [0, 0.05) is 10.5 Å². The van der Waals surface area contributed by atoms with Crippen LogP contribution in [-0.2, 0) is 0 Å². The molecule has 2 heteroatoms. The number of fused-ring (bicyclic) bond motifs is 2. The van der Waals surface area contributed by atoms with Crippen molar-refractivity contribution in [1.82, 2.24) is 5.32 Å². The molecule has 3 unspecified atom stereocenters. The minimum absolute atomic E-state index is 0.444. The fraction of sp³-hybridized carbons (Fsp3) is 0.625. The molecule has 0 amide bonds. The van der Waals surface area contributed by atoms with Gasteiger partial charge in [-0.1, -0.05) is 40.5 Å². The van der Waals surface area contributed by atoms with Crippen molar-refractivity contribution < 1.29 is 0 Å². The SMILES string of the molecule is C[C@@H](NCC1CC2CCC1C2)c1ccccc1Br. The number of halogens is 1. The molecule has 2 aliphatic carbocycles. The third-order valence-corrected chi connectivity index (χ3v) is 5.66. The highest BCUT2D eigenvalue weighted by Crippen LogP contribution is 2.48. The van der Waals surface area contributed by atoms with Crippen LogP contribution in [0.25, 0.3) is 0 Å². The lowest BCUT2D eigenvalue weighted by molar-refractivity contribution is 0.309. The summed E-state index contributed by atoms with van der Waals surface area (Å²) < 4.78 is 1.22. The molecule has 1 nitrogen and oxygen atoms in total. The minimum atomic E-state index is 0.444. The molecule has 0 aliphatic heterocycles. The van der Waals surface area contributed by atoms with E-state index in [1.807, 2.05) is 0 Å². The Morgan fingerprint density at radius 1 is 1.28 bits per heavy atom. The van der Waals surface area contributed by atoms with E-state index in [9.17, 15) is 0 Å². The van der Waals surface area contributed by atoms with Gasteiger partial charge in [-0.25, -0.2) is 0 Å². The van der Waals surface area contributed by atoms with E-state index in [4.69, 9.17) is 0 Å². The van der Waals surface area contributed by atoms with Crippen molar-refractivity contribution in [2.45, 2.75) is 38.6 Å². The molecule has 98 valence electrons. The first-order valence-corrected chi connectivity index (χ1v) is 8.01. The standard InChI is InChI=1S/C16H22BrN/c1-11(15-4-2-3-5-16(15)17)18-10-14-9-12-6-7-13(14)8-12/h2-5,11-14,18H,6-10H2,1H3/t11-,12?,13?,14?/m1/s1. The van der Waals surface area contributed by atoms with E-state index >= 15 is 0 Å². The average Bonchev–Trinajstić information content (AvgIpc) is 2.98. The summed E-state index contributed by atoms with van der Waals surface area (Å²) in [4.78, 5) is 0. The van der Waals surface area contributed by atoms with Gasteiger partial charge in [0.1, 0.15) is 0 Å². The summed E-state index contributed by atoms with van der Waals surface area (Å²) in [5.41, 5.74) is 1.38. The van der Waals surface area contributed by atoms with Crippen LogP contribution < -0.4 is 5.32 Å². The minimum Gasteiger partial charge on any atom is -0.310 e. The Kier molecular flexibility index (Phi) is 3.76. The van der Waals surface area contributed by atoms with Gasteiger partial charge >= 0.3 is 0 Å². The Morgan fingerprint density at radius 2 is 2.11 bits per heavy atom. The predicted octanol–water partition coefficient (Wildman–Crippen LogP) is 4.54. The van der Waals surface area contributed by atoms with E-state index in [2.05, 4.69) is 52.4 Å². The van der Waals surface area contributed by atoms with Gasteiger partial charge in [-0.05, 0) is 62.1 Å². The molecule has 4 atom stereocenters. The largest absolute Gasteiger partial charge is 0.310 e. The van der Waals surface area contributed by atoms with Gasteiger partial charge in [-0.3, -0.25) is 0 Å². The fourth-order valence-corrected chi connectivity index (χ4v) is 4.52. The maximum atomic E-state index is 3.74. The van der Waals surface area contributed by atoms with Gasteiger partial charge in [0.2, 0.25) is 0 Å². The van der Waals surface area contributed by atoms with E-state index in [0.717, 1.165) is 17.8 Å². The van der Waals surface area contributed by atoms with Crippen molar-refractivity contribution >= 4 is 15.9 Å². The van der Waals surface area contributed by atoms with Crippen LogP contribution in [0.3, 0.4) is 0 Å². The molecule has 1 aromatic carbocycles. The average molecular weight is 308 g/mol. The maximum Gasteiger partial charge on any atom is 0.0303 e. The third kappa shape index (κ3) is 2.50. The molecule has 0 aromatic heterocycles. The Hall–Kier alpha value is -0.340. The van der Waals surface area contributed by atoms with Gasteiger partial charge in [0.15, 0.2) is 0 Å². The first kappa shape index (κ1) is 12.7. The molecule has 2 saturated carbocycles. The van der Waals surface area contributed by atoms with Crippen molar-refractivity contribution in [2.24, 2.45) is 17.8 Å². The van der Waals surface area contributed by atoms with E-state index < -0.39 is 0 Å². The molecule has 0 heterocycles. The van der Waals surface area contributed by atoms with Crippen molar-refractivity contribution in [3.63, 3.8) is 0 Å². The molecule has 1 aromatic rings. The Morgan fingerprint density at radius 3 is 2.78 bits per heavy atom. The quantitative estimate of drug-likeness (QED) is 0.861. The Balaban J connectivity index is 1.56. The highest BCUT2D eigenvalue weighted by Gasteiger charge is 2.39. The fourth-order valence-electron chi connectivity index (χ4n) is 3.89. The van der Waals surface area contributed by atoms with Crippen molar-refractivity contribution in [1.29, 1.82) is 0 Å². The molecular weight excluding hydrogens is 286 g/mol. The van der Waals surface area contributed by atoms with Crippen LogP contribution in [0.4, 0.5) is 0 Å². The first-order valence-electron chi connectivity index (χ1n) is 7.22. The number of nitrogens with one attached hydrogen (secondary N) is 1. The molecule has 18 heavy (non-hydrogen) atoms. The summed E-state index contributed by atoms with van der Waals surface area (Å²) in [7, 11) is 0. The number of hydrogen-bond donors (Lipinski definition) is 1. The summed E-state index contributed by atoms with van der Waals surface area (Å²) in [6.07, 6.45) is 5.97. The van der Waals surface area contributed by atoms with Gasteiger partial charge in [-0.15, -0.1) is 0 Å². The Bertz CT molecular complexity index is 417. The van der Waals surface area contributed by atoms with E-state index in [-0.39, 0.29) is 0 Å². The molecule has 0 spiro atoms. The van der Waals surface area contributed by atoms with Crippen LogP contribution in [0.2, 0.25) is 0 Å². The molecular formula is C16H22BrN. The summed E-state index contributed by atoms with van der Waals surface area (Å²) in [6.45, 7) is 3.47. The molecule has 0 saturated heterocycles. The first-order chi connectivity index (χ1) is 8.74. The van der Waals surface area contributed by atoms with E-state index in [1.54, 1.807) is 0 Å². The second-order valence-electron chi connectivity index (χ2n) is 6.09. The third-order valence-electron chi connectivity index (χ3n) is 4.94. The molecule has 1 N–H and O–H groups in total. The van der Waals surface area contributed by atoms with Crippen LogP contribution in [-0.4, -0.2) is 6.54 Å². The second-order valence-corrected chi connectivity index (χ2v) is 6.94. The highest BCUT2D eigenvalue weighted by molar-refractivity contribution is 9.10. The highest BCUT2D eigenvalue weighted by atomic mass is 79.9. The molecule has 0 radical (unpaired) electrons. The summed E-state index contributed by atoms with van der Waals surface area (Å²) >= 11 is 3.64. The van der Waals surface area contributed by atoms with Gasteiger partial charge in [-0.2, -0.15) is 0 Å². The van der Waals surface area contributed by atoms with Crippen LogP contribution >= 0.6 is 15.9 Å². The predicted molar refractivity (Wildman–Crippen MR) is 79.5 cm³/mol. The van der Waals surface area contributed by atoms with Crippen molar-refractivity contribution in [3.8, 4) is 0 Å². The van der Waals surface area contributed by atoms with Crippen LogP contribution in [0.15, 0.2) is 28.7 Å². The zero-order valence-corrected chi connectivity index (χ0v) is 12.6. The zero-order valence-electron chi connectivity index (χ0n) is 11.0. The van der Waals surface area contributed by atoms with Crippen LogP contribution in [0, 0.1) is 17.8 Å². The molecule has 2 fully saturated rings. The zero-order chi connectivity index (χ0) is 12.5. The lowest BCUT2D eigenvalue weighted by atomic mass is 9.88. The maximum absolute atomic E-state index is 3.74.